The zero-order valence-corrected chi connectivity index (χ0v) is 24.0. The summed E-state index contributed by atoms with van der Waals surface area (Å²) in [5.41, 5.74) is 16.8. The zero-order chi connectivity index (χ0) is 30.3. The number of nitrogens with zero attached hydrogens (tertiary/aromatic N) is 3. The van der Waals surface area contributed by atoms with E-state index in [0.29, 0.717) is 32.9 Å². The number of halogens is 1. The van der Waals surface area contributed by atoms with Crippen LogP contribution in [0.5, 0.6) is 0 Å². The molecule has 6 aromatic rings. The Kier molecular flexibility index (Phi) is 7.01. The third-order valence-corrected chi connectivity index (χ3v) is 9.50. The van der Waals surface area contributed by atoms with Gasteiger partial charge in [-0.15, -0.1) is 0 Å². The number of rotatable bonds is 6. The summed E-state index contributed by atoms with van der Waals surface area (Å²) in [6, 6.07) is 31.7. The molecule has 43 heavy (non-hydrogen) atoms. The van der Waals surface area contributed by atoms with E-state index in [4.69, 9.17) is 33.5 Å². The molecule has 6 N–H and O–H groups in total. The highest BCUT2D eigenvalue weighted by atomic mass is 35.5. The van der Waals surface area contributed by atoms with Crippen molar-refractivity contribution in [1.82, 2.24) is 3.97 Å². The highest BCUT2D eigenvalue weighted by molar-refractivity contribution is 7.90. The summed E-state index contributed by atoms with van der Waals surface area (Å²) in [6.07, 6.45) is 0. The van der Waals surface area contributed by atoms with Crippen LogP contribution in [0.25, 0.3) is 44.1 Å². The molecule has 214 valence electrons. The number of nitrogens with two attached hydrogens (primary N) is 2. The van der Waals surface area contributed by atoms with Crippen LogP contribution in [0, 0.1) is 0 Å². The number of fused-ring (bicyclic) bond motifs is 3. The maximum absolute atomic E-state index is 14.1. The Bertz CT molecular complexity index is 2110. The normalized spacial score (nSPS) is 12.7. The summed E-state index contributed by atoms with van der Waals surface area (Å²) in [5.74, 6) is -0.0479. The molecule has 5 aromatic carbocycles. The molecule has 0 aliphatic heterocycles. The van der Waals surface area contributed by atoms with Crippen LogP contribution in [-0.2, 0) is 10.0 Å². The quantitative estimate of drug-likeness (QED) is 0.0761. The Balaban J connectivity index is 1.64. The zero-order valence-electron chi connectivity index (χ0n) is 22.4. The Morgan fingerprint density at radius 2 is 1.09 bits per heavy atom. The summed E-state index contributed by atoms with van der Waals surface area (Å²) in [5, 5.41) is 26.0. The van der Waals surface area contributed by atoms with Gasteiger partial charge in [0.15, 0.2) is 11.7 Å². The summed E-state index contributed by atoms with van der Waals surface area (Å²) in [7, 11) is -4.11. The van der Waals surface area contributed by atoms with Crippen molar-refractivity contribution in [2.24, 2.45) is 21.8 Å². The van der Waals surface area contributed by atoms with Crippen molar-refractivity contribution in [3.63, 3.8) is 0 Å². The summed E-state index contributed by atoms with van der Waals surface area (Å²) in [4.78, 5) is -0.0125. The lowest BCUT2D eigenvalue weighted by atomic mass is 9.98. The van der Waals surface area contributed by atoms with Crippen LogP contribution in [0.1, 0.15) is 11.1 Å². The minimum atomic E-state index is -4.11. The van der Waals surface area contributed by atoms with Crippen LogP contribution < -0.4 is 11.5 Å². The van der Waals surface area contributed by atoms with Gasteiger partial charge in [0, 0.05) is 21.9 Å². The Morgan fingerprint density at radius 1 is 0.628 bits per heavy atom. The van der Waals surface area contributed by atoms with E-state index in [-0.39, 0.29) is 21.6 Å². The maximum Gasteiger partial charge on any atom is 0.270 e. The van der Waals surface area contributed by atoms with Gasteiger partial charge in [0.2, 0.25) is 0 Å². The van der Waals surface area contributed by atoms with Gasteiger partial charge >= 0.3 is 0 Å². The predicted molar refractivity (Wildman–Crippen MR) is 169 cm³/mol. The first-order valence-corrected chi connectivity index (χ1v) is 14.8. The number of hydrogen-bond donors (Lipinski definition) is 4. The van der Waals surface area contributed by atoms with Crippen LogP contribution in [0.3, 0.4) is 0 Å². The SMILES string of the molecule is N/C(=N\O)c1cccc(-c2ccc3c(c2)c2cc(-c4cccc(/C(N)=N/O)c4)ccc2n3S(=O)(=O)c2ccccc2Cl)c1. The molecule has 0 unspecified atom stereocenters. The second-order valence-electron chi connectivity index (χ2n) is 9.80. The van der Waals surface area contributed by atoms with Crippen LogP contribution in [0.2, 0.25) is 5.02 Å². The third-order valence-electron chi connectivity index (χ3n) is 7.27. The van der Waals surface area contributed by atoms with Crippen molar-refractivity contribution in [3.05, 3.63) is 125 Å². The van der Waals surface area contributed by atoms with Crippen LogP contribution in [-0.4, -0.2) is 34.5 Å². The molecular weight excluding hydrogens is 586 g/mol. The van der Waals surface area contributed by atoms with Gasteiger partial charge < -0.3 is 21.9 Å². The van der Waals surface area contributed by atoms with E-state index in [1.807, 2.05) is 36.4 Å². The number of oxime groups is 2. The molecule has 0 amide bonds. The summed E-state index contributed by atoms with van der Waals surface area (Å²) >= 11 is 6.38. The molecule has 0 spiro atoms. The van der Waals surface area contributed by atoms with E-state index in [1.54, 1.807) is 66.7 Å². The van der Waals surface area contributed by atoms with E-state index < -0.39 is 10.0 Å². The van der Waals surface area contributed by atoms with Crippen molar-refractivity contribution in [3.8, 4) is 22.3 Å². The Hall–Kier alpha value is -5.32. The topological polar surface area (TPSA) is 156 Å². The lowest BCUT2D eigenvalue weighted by Crippen LogP contribution is -2.13. The molecule has 6 rings (SSSR count). The van der Waals surface area contributed by atoms with E-state index >= 15 is 0 Å². The van der Waals surface area contributed by atoms with E-state index in [2.05, 4.69) is 10.3 Å². The number of benzene rings is 5. The molecule has 0 aliphatic carbocycles. The Labute approximate surface area is 251 Å². The Morgan fingerprint density at radius 3 is 1.56 bits per heavy atom. The molecular formula is C32H24ClN5O4S. The molecule has 0 atom stereocenters. The van der Waals surface area contributed by atoms with Crippen LogP contribution in [0.15, 0.2) is 124 Å². The molecule has 0 bridgehead atoms. The minimum absolute atomic E-state index is 0.0125. The molecule has 9 nitrogen and oxygen atoms in total. The smallest absolute Gasteiger partial charge is 0.270 e. The standard InChI is InChI=1S/C32H24ClN5O4S/c33-27-9-1-2-10-30(27)43(41,42)38-28-13-11-21(19-5-3-7-23(15-19)31(34)36-39)17-25(28)26-18-22(12-14-29(26)38)20-6-4-8-24(16-20)32(35)37-40/h1-18,39-40H,(H2,34,36)(H2,35,37). The van der Waals surface area contributed by atoms with Gasteiger partial charge in [-0.05, 0) is 70.8 Å². The first-order valence-electron chi connectivity index (χ1n) is 13.0. The second-order valence-corrected chi connectivity index (χ2v) is 12.0. The molecule has 1 heterocycles. The average molecular weight is 610 g/mol. The van der Waals surface area contributed by atoms with Crippen molar-refractivity contribution in [1.29, 1.82) is 0 Å². The van der Waals surface area contributed by atoms with Crippen molar-refractivity contribution < 1.29 is 18.8 Å². The van der Waals surface area contributed by atoms with E-state index in [1.165, 1.54) is 10.0 Å². The first kappa shape index (κ1) is 27.8. The molecule has 0 aliphatic rings. The fraction of sp³-hybridized carbons (Fsp3) is 0. The van der Waals surface area contributed by atoms with Gasteiger partial charge in [-0.25, -0.2) is 12.4 Å². The lowest BCUT2D eigenvalue weighted by Gasteiger charge is -2.11. The highest BCUT2D eigenvalue weighted by Gasteiger charge is 2.26. The lowest BCUT2D eigenvalue weighted by molar-refractivity contribution is 0.318. The number of hydrogen-bond acceptors (Lipinski definition) is 6. The molecule has 0 saturated heterocycles. The van der Waals surface area contributed by atoms with Gasteiger partial charge in [0.05, 0.1) is 16.1 Å². The largest absolute Gasteiger partial charge is 0.409 e. The monoisotopic (exact) mass is 609 g/mol. The molecule has 0 saturated carbocycles. The van der Waals surface area contributed by atoms with Crippen LogP contribution in [0.4, 0.5) is 0 Å². The van der Waals surface area contributed by atoms with Gasteiger partial charge in [-0.1, -0.05) is 82.6 Å². The van der Waals surface area contributed by atoms with Crippen LogP contribution >= 0.6 is 11.6 Å². The van der Waals surface area contributed by atoms with Gasteiger partial charge in [0.25, 0.3) is 10.0 Å². The van der Waals surface area contributed by atoms with E-state index in [9.17, 15) is 8.42 Å². The van der Waals surface area contributed by atoms with Crippen molar-refractivity contribution >= 4 is 55.1 Å². The highest BCUT2D eigenvalue weighted by Crippen LogP contribution is 2.38. The molecule has 11 heteroatoms. The average Bonchev–Trinajstić information content (AvgIpc) is 3.38. The number of aromatic nitrogens is 1. The van der Waals surface area contributed by atoms with E-state index in [0.717, 1.165) is 22.3 Å². The fourth-order valence-corrected chi connectivity index (χ4v) is 7.22. The van der Waals surface area contributed by atoms with Crippen molar-refractivity contribution in [2.75, 3.05) is 0 Å². The first-order chi connectivity index (χ1) is 20.7. The maximum atomic E-state index is 14.1. The summed E-state index contributed by atoms with van der Waals surface area (Å²) < 4.78 is 29.6. The predicted octanol–water partition coefficient (Wildman–Crippen LogP) is 6.21. The molecule has 0 fully saturated rings. The molecule has 1 aromatic heterocycles. The summed E-state index contributed by atoms with van der Waals surface area (Å²) in [6.45, 7) is 0. The third kappa shape index (κ3) is 4.82. The van der Waals surface area contributed by atoms with Gasteiger partial charge in [0.1, 0.15) is 4.90 Å². The minimum Gasteiger partial charge on any atom is -0.409 e. The van der Waals surface area contributed by atoms with Gasteiger partial charge in [-0.2, -0.15) is 0 Å². The number of amidine groups is 2. The van der Waals surface area contributed by atoms with Gasteiger partial charge in [-0.3, -0.25) is 0 Å². The van der Waals surface area contributed by atoms with Crippen molar-refractivity contribution in [2.45, 2.75) is 4.90 Å². The molecule has 0 radical (unpaired) electrons. The fourth-order valence-electron chi connectivity index (χ4n) is 5.19. The second kappa shape index (κ2) is 10.8.